The molecule has 1 atom stereocenters. The molecule has 0 aliphatic carbocycles. The van der Waals surface area contributed by atoms with Crippen molar-refractivity contribution in [1.82, 2.24) is 0 Å². The van der Waals surface area contributed by atoms with E-state index in [0.717, 1.165) is 19.3 Å². The molecule has 0 rings (SSSR count). The molecule has 0 saturated heterocycles. The Hall–Kier alpha value is -0.160. The van der Waals surface area contributed by atoms with Gasteiger partial charge in [-0.3, -0.25) is 0 Å². The third kappa shape index (κ3) is 6.36. The molecular formula is C13H28O4. The molecular weight excluding hydrogens is 220 g/mol. The van der Waals surface area contributed by atoms with Gasteiger partial charge < -0.3 is 18.9 Å². The van der Waals surface area contributed by atoms with E-state index in [1.807, 2.05) is 0 Å². The summed E-state index contributed by atoms with van der Waals surface area (Å²) in [4.78, 5) is 0. The monoisotopic (exact) mass is 248 g/mol. The topological polar surface area (TPSA) is 36.9 Å². The van der Waals surface area contributed by atoms with Crippen molar-refractivity contribution in [1.29, 1.82) is 0 Å². The fourth-order valence-electron chi connectivity index (χ4n) is 1.62. The highest BCUT2D eigenvalue weighted by molar-refractivity contribution is 4.77. The summed E-state index contributed by atoms with van der Waals surface area (Å²) < 4.78 is 21.7. The molecule has 0 bridgehead atoms. The summed E-state index contributed by atoms with van der Waals surface area (Å²) in [5.74, 6) is 0. The van der Waals surface area contributed by atoms with Crippen LogP contribution in [0.25, 0.3) is 0 Å². The SMILES string of the molecule is CCC(COC)OCC(CC)(CC)OCOC. The Morgan fingerprint density at radius 1 is 1.00 bits per heavy atom. The van der Waals surface area contributed by atoms with Crippen LogP contribution in [0.3, 0.4) is 0 Å². The number of rotatable bonds is 11. The maximum Gasteiger partial charge on any atom is 0.147 e. The van der Waals surface area contributed by atoms with Gasteiger partial charge in [-0.25, -0.2) is 0 Å². The van der Waals surface area contributed by atoms with Crippen molar-refractivity contribution < 1.29 is 18.9 Å². The lowest BCUT2D eigenvalue weighted by atomic mass is 9.98. The summed E-state index contributed by atoms with van der Waals surface area (Å²) in [6.45, 7) is 7.85. The Labute approximate surface area is 106 Å². The third-order valence-corrected chi connectivity index (χ3v) is 3.16. The van der Waals surface area contributed by atoms with E-state index in [0.29, 0.717) is 20.0 Å². The second kappa shape index (κ2) is 9.83. The molecule has 0 aromatic rings. The van der Waals surface area contributed by atoms with Crippen LogP contribution >= 0.6 is 0 Å². The maximum atomic E-state index is 5.87. The molecule has 1 unspecified atom stereocenters. The van der Waals surface area contributed by atoms with E-state index in [9.17, 15) is 0 Å². The van der Waals surface area contributed by atoms with Crippen LogP contribution in [-0.2, 0) is 18.9 Å². The van der Waals surface area contributed by atoms with Gasteiger partial charge in [-0.2, -0.15) is 0 Å². The molecule has 0 fully saturated rings. The Balaban J connectivity index is 4.22. The van der Waals surface area contributed by atoms with Crippen molar-refractivity contribution in [3.63, 3.8) is 0 Å². The number of methoxy groups -OCH3 is 2. The summed E-state index contributed by atoms with van der Waals surface area (Å²) >= 11 is 0. The summed E-state index contributed by atoms with van der Waals surface area (Å²) in [6, 6.07) is 0. The van der Waals surface area contributed by atoms with Gasteiger partial charge in [0, 0.05) is 14.2 Å². The molecule has 104 valence electrons. The van der Waals surface area contributed by atoms with Crippen molar-refractivity contribution in [2.75, 3.05) is 34.2 Å². The zero-order valence-corrected chi connectivity index (χ0v) is 12.0. The van der Waals surface area contributed by atoms with E-state index in [1.165, 1.54) is 0 Å². The summed E-state index contributed by atoms with van der Waals surface area (Å²) in [5.41, 5.74) is -0.239. The average molecular weight is 248 g/mol. The van der Waals surface area contributed by atoms with Crippen LogP contribution in [0, 0.1) is 0 Å². The number of ether oxygens (including phenoxy) is 4. The molecule has 0 aliphatic rings. The fourth-order valence-corrected chi connectivity index (χ4v) is 1.62. The summed E-state index contributed by atoms with van der Waals surface area (Å²) in [6.07, 6.45) is 2.91. The minimum absolute atomic E-state index is 0.142. The molecule has 0 amide bonds. The highest BCUT2D eigenvalue weighted by Gasteiger charge is 2.28. The summed E-state index contributed by atoms with van der Waals surface area (Å²) in [7, 11) is 3.33. The van der Waals surface area contributed by atoms with E-state index in [4.69, 9.17) is 18.9 Å². The molecule has 0 radical (unpaired) electrons. The van der Waals surface area contributed by atoms with Gasteiger partial charge >= 0.3 is 0 Å². The van der Waals surface area contributed by atoms with Gasteiger partial charge in [-0.15, -0.1) is 0 Å². The first-order chi connectivity index (χ1) is 8.17. The highest BCUT2D eigenvalue weighted by atomic mass is 16.7. The zero-order chi connectivity index (χ0) is 13.1. The van der Waals surface area contributed by atoms with Crippen LogP contribution < -0.4 is 0 Å². The van der Waals surface area contributed by atoms with Crippen molar-refractivity contribution in [3.8, 4) is 0 Å². The fraction of sp³-hybridized carbons (Fsp3) is 1.00. The van der Waals surface area contributed by atoms with Gasteiger partial charge in [0.15, 0.2) is 0 Å². The second-order valence-corrected chi connectivity index (χ2v) is 4.24. The predicted octanol–water partition coefficient (Wildman–Crippen LogP) is 2.61. The third-order valence-electron chi connectivity index (χ3n) is 3.16. The van der Waals surface area contributed by atoms with E-state index in [2.05, 4.69) is 20.8 Å². The normalized spacial score (nSPS) is 13.9. The first kappa shape index (κ1) is 16.8. The van der Waals surface area contributed by atoms with E-state index >= 15 is 0 Å². The summed E-state index contributed by atoms with van der Waals surface area (Å²) in [5, 5.41) is 0. The largest absolute Gasteiger partial charge is 0.382 e. The quantitative estimate of drug-likeness (QED) is 0.527. The van der Waals surface area contributed by atoms with Crippen molar-refractivity contribution in [3.05, 3.63) is 0 Å². The van der Waals surface area contributed by atoms with Crippen molar-refractivity contribution in [2.24, 2.45) is 0 Å². The van der Waals surface area contributed by atoms with Crippen LogP contribution in [0.15, 0.2) is 0 Å². The molecule has 0 spiro atoms. The van der Waals surface area contributed by atoms with Gasteiger partial charge in [-0.1, -0.05) is 20.8 Å². The minimum atomic E-state index is -0.239. The molecule has 0 saturated carbocycles. The standard InChI is InChI=1S/C13H28O4/c1-6-12(9-14-4)16-10-13(7-2,8-3)17-11-15-5/h12H,6-11H2,1-5H3. The lowest BCUT2D eigenvalue weighted by molar-refractivity contribution is -0.173. The van der Waals surface area contributed by atoms with Crippen LogP contribution in [-0.4, -0.2) is 45.9 Å². The van der Waals surface area contributed by atoms with Gasteiger partial charge in [0.05, 0.1) is 24.9 Å². The lowest BCUT2D eigenvalue weighted by Crippen LogP contribution is -2.39. The van der Waals surface area contributed by atoms with Gasteiger partial charge in [0.1, 0.15) is 6.79 Å². The lowest BCUT2D eigenvalue weighted by Gasteiger charge is -2.32. The molecule has 0 N–H and O–H groups in total. The Morgan fingerprint density at radius 3 is 2.06 bits per heavy atom. The first-order valence-corrected chi connectivity index (χ1v) is 6.41. The van der Waals surface area contributed by atoms with Crippen LogP contribution in [0.2, 0.25) is 0 Å². The molecule has 0 aromatic carbocycles. The van der Waals surface area contributed by atoms with Crippen LogP contribution in [0.1, 0.15) is 40.0 Å². The Morgan fingerprint density at radius 2 is 1.65 bits per heavy atom. The number of hydrogen-bond acceptors (Lipinski definition) is 4. The van der Waals surface area contributed by atoms with Gasteiger partial charge in [0.2, 0.25) is 0 Å². The minimum Gasteiger partial charge on any atom is -0.382 e. The van der Waals surface area contributed by atoms with E-state index in [-0.39, 0.29) is 11.7 Å². The molecule has 4 heteroatoms. The number of hydrogen-bond donors (Lipinski definition) is 0. The maximum absolute atomic E-state index is 5.87. The van der Waals surface area contributed by atoms with E-state index in [1.54, 1.807) is 14.2 Å². The predicted molar refractivity (Wildman–Crippen MR) is 68.2 cm³/mol. The highest BCUT2D eigenvalue weighted by Crippen LogP contribution is 2.22. The molecule has 0 heterocycles. The Kier molecular flexibility index (Phi) is 9.74. The molecule has 17 heavy (non-hydrogen) atoms. The first-order valence-electron chi connectivity index (χ1n) is 6.41. The van der Waals surface area contributed by atoms with E-state index < -0.39 is 0 Å². The molecule has 0 aliphatic heterocycles. The molecule has 0 aromatic heterocycles. The zero-order valence-electron chi connectivity index (χ0n) is 12.0. The smallest absolute Gasteiger partial charge is 0.147 e. The second-order valence-electron chi connectivity index (χ2n) is 4.24. The van der Waals surface area contributed by atoms with Crippen molar-refractivity contribution >= 4 is 0 Å². The van der Waals surface area contributed by atoms with Crippen LogP contribution in [0.5, 0.6) is 0 Å². The van der Waals surface area contributed by atoms with Gasteiger partial charge in [0.25, 0.3) is 0 Å². The van der Waals surface area contributed by atoms with Crippen molar-refractivity contribution in [2.45, 2.75) is 51.7 Å². The molecule has 4 nitrogen and oxygen atoms in total. The Bertz CT molecular complexity index is 169. The van der Waals surface area contributed by atoms with Crippen LogP contribution in [0.4, 0.5) is 0 Å². The average Bonchev–Trinajstić information content (AvgIpc) is 2.38. The van der Waals surface area contributed by atoms with Gasteiger partial charge in [-0.05, 0) is 19.3 Å².